The molecule has 1 heterocycles. The van der Waals surface area contributed by atoms with Gasteiger partial charge in [0.2, 0.25) is 0 Å². The average molecular weight is 367 g/mol. The van der Waals surface area contributed by atoms with Crippen molar-refractivity contribution >= 4 is 23.8 Å². The van der Waals surface area contributed by atoms with Crippen molar-refractivity contribution in [3.8, 4) is 0 Å². The molecule has 2 aliphatic rings. The van der Waals surface area contributed by atoms with Crippen LogP contribution in [0.1, 0.15) is 59.3 Å². The van der Waals surface area contributed by atoms with E-state index in [0.717, 1.165) is 24.2 Å². The van der Waals surface area contributed by atoms with Crippen molar-refractivity contribution < 1.29 is 23.9 Å². The van der Waals surface area contributed by atoms with Gasteiger partial charge in [-0.15, -0.1) is 0 Å². The highest BCUT2D eigenvalue weighted by Crippen LogP contribution is 2.25. The second-order valence-electron chi connectivity index (χ2n) is 7.21. The standard InChI is InChI=1S/C18H29N3O5/c1-4-18(5-2)16(24)21(17(25)20-18)10-15(23)26-11-14(22)19-13-9-7-6-8-12(13)3/h12-13H,4-11H2,1-3H3,(H,19,22)(H,20,25)/t12-,13-/m1/s1. The van der Waals surface area contributed by atoms with Crippen molar-refractivity contribution in [3.05, 3.63) is 0 Å². The number of nitrogens with one attached hydrogen (secondary N) is 2. The first-order chi connectivity index (χ1) is 12.3. The van der Waals surface area contributed by atoms with Crippen molar-refractivity contribution in [3.63, 3.8) is 0 Å². The fourth-order valence-corrected chi connectivity index (χ4v) is 3.65. The molecule has 26 heavy (non-hydrogen) atoms. The zero-order chi connectivity index (χ0) is 19.3. The second kappa shape index (κ2) is 8.51. The molecule has 1 saturated carbocycles. The third kappa shape index (κ3) is 4.34. The molecule has 1 aliphatic heterocycles. The third-order valence-electron chi connectivity index (χ3n) is 5.56. The highest BCUT2D eigenvalue weighted by molar-refractivity contribution is 6.08. The Bertz CT molecular complexity index is 573. The second-order valence-corrected chi connectivity index (χ2v) is 7.21. The van der Waals surface area contributed by atoms with E-state index < -0.39 is 36.6 Å². The Kier molecular flexibility index (Phi) is 6.61. The molecule has 0 unspecified atom stereocenters. The Labute approximate surface area is 154 Å². The molecular weight excluding hydrogens is 338 g/mol. The molecule has 2 rings (SSSR count). The lowest BCUT2D eigenvalue weighted by Crippen LogP contribution is -2.46. The minimum Gasteiger partial charge on any atom is -0.454 e. The largest absolute Gasteiger partial charge is 0.454 e. The molecule has 0 aromatic heterocycles. The smallest absolute Gasteiger partial charge is 0.326 e. The summed E-state index contributed by atoms with van der Waals surface area (Å²) < 4.78 is 4.95. The van der Waals surface area contributed by atoms with Crippen LogP contribution in [-0.4, -0.2) is 53.4 Å². The van der Waals surface area contributed by atoms with E-state index in [-0.39, 0.29) is 11.9 Å². The van der Waals surface area contributed by atoms with E-state index in [1.165, 1.54) is 6.42 Å². The van der Waals surface area contributed by atoms with E-state index in [4.69, 9.17) is 4.74 Å². The van der Waals surface area contributed by atoms with Gasteiger partial charge in [0.1, 0.15) is 12.1 Å². The summed E-state index contributed by atoms with van der Waals surface area (Å²) in [6.07, 6.45) is 5.15. The van der Waals surface area contributed by atoms with E-state index >= 15 is 0 Å². The topological polar surface area (TPSA) is 105 Å². The first-order valence-electron chi connectivity index (χ1n) is 9.42. The summed E-state index contributed by atoms with van der Waals surface area (Å²) in [6, 6.07) is -0.494. The molecule has 2 N–H and O–H groups in total. The molecule has 1 aliphatic carbocycles. The van der Waals surface area contributed by atoms with Gasteiger partial charge in [0, 0.05) is 6.04 Å². The summed E-state index contributed by atoms with van der Waals surface area (Å²) in [7, 11) is 0. The van der Waals surface area contributed by atoms with E-state index in [9.17, 15) is 19.2 Å². The van der Waals surface area contributed by atoms with Gasteiger partial charge in [0.05, 0.1) is 0 Å². The highest BCUT2D eigenvalue weighted by Gasteiger charge is 2.49. The Morgan fingerprint density at radius 1 is 1.23 bits per heavy atom. The van der Waals surface area contributed by atoms with Crippen LogP contribution < -0.4 is 10.6 Å². The summed E-state index contributed by atoms with van der Waals surface area (Å²) in [5, 5.41) is 5.54. The van der Waals surface area contributed by atoms with Gasteiger partial charge in [0.15, 0.2) is 6.61 Å². The SMILES string of the molecule is CCC1(CC)NC(=O)N(CC(=O)OCC(=O)N[C@@H]2CCCC[C@H]2C)C1=O. The number of urea groups is 1. The number of nitrogens with zero attached hydrogens (tertiary/aromatic N) is 1. The molecule has 0 bridgehead atoms. The first-order valence-corrected chi connectivity index (χ1v) is 9.42. The maximum Gasteiger partial charge on any atom is 0.326 e. The zero-order valence-corrected chi connectivity index (χ0v) is 15.8. The van der Waals surface area contributed by atoms with Gasteiger partial charge in [0.25, 0.3) is 11.8 Å². The van der Waals surface area contributed by atoms with E-state index in [0.29, 0.717) is 18.8 Å². The predicted molar refractivity (Wildman–Crippen MR) is 94.1 cm³/mol. The number of amides is 4. The van der Waals surface area contributed by atoms with E-state index in [2.05, 4.69) is 17.6 Å². The summed E-state index contributed by atoms with van der Waals surface area (Å²) in [6.45, 7) is 4.82. The van der Waals surface area contributed by atoms with Crippen molar-refractivity contribution in [2.75, 3.05) is 13.2 Å². The van der Waals surface area contributed by atoms with Crippen LogP contribution in [0, 0.1) is 5.92 Å². The summed E-state index contributed by atoms with van der Waals surface area (Å²) in [4.78, 5) is 49.2. The minimum absolute atomic E-state index is 0.107. The van der Waals surface area contributed by atoms with Crippen LogP contribution >= 0.6 is 0 Å². The fourth-order valence-electron chi connectivity index (χ4n) is 3.65. The molecule has 8 nitrogen and oxygen atoms in total. The normalized spacial score (nSPS) is 25.0. The number of imide groups is 1. The van der Waals surface area contributed by atoms with Crippen LogP contribution in [0.5, 0.6) is 0 Å². The lowest BCUT2D eigenvalue weighted by molar-refractivity contribution is -0.151. The Morgan fingerprint density at radius 3 is 2.46 bits per heavy atom. The summed E-state index contributed by atoms with van der Waals surface area (Å²) in [5.74, 6) is -1.15. The van der Waals surface area contributed by atoms with Crippen LogP contribution in [0.4, 0.5) is 4.79 Å². The number of rotatable bonds is 7. The van der Waals surface area contributed by atoms with Crippen molar-refractivity contribution in [1.29, 1.82) is 0 Å². The first kappa shape index (κ1) is 20.2. The predicted octanol–water partition coefficient (Wildman–Crippen LogP) is 1.34. The lowest BCUT2D eigenvalue weighted by atomic mass is 9.86. The van der Waals surface area contributed by atoms with Crippen molar-refractivity contribution in [2.45, 2.75) is 70.9 Å². The molecule has 2 fully saturated rings. The summed E-state index contributed by atoms with van der Waals surface area (Å²) >= 11 is 0. The van der Waals surface area contributed by atoms with Crippen LogP contribution in [0.25, 0.3) is 0 Å². The molecule has 0 spiro atoms. The van der Waals surface area contributed by atoms with E-state index in [1.54, 1.807) is 13.8 Å². The highest BCUT2D eigenvalue weighted by atomic mass is 16.5. The van der Waals surface area contributed by atoms with Crippen LogP contribution in [0.15, 0.2) is 0 Å². The molecule has 0 radical (unpaired) electrons. The molecular formula is C18H29N3O5. The molecule has 2 atom stereocenters. The average Bonchev–Trinajstić information content (AvgIpc) is 2.86. The van der Waals surface area contributed by atoms with Crippen molar-refractivity contribution in [2.24, 2.45) is 5.92 Å². The number of esters is 1. The molecule has 0 aromatic carbocycles. The van der Waals surface area contributed by atoms with Gasteiger partial charge < -0.3 is 15.4 Å². The Hall–Kier alpha value is -2.12. The van der Waals surface area contributed by atoms with Crippen LogP contribution in [0.3, 0.4) is 0 Å². The maximum atomic E-state index is 12.4. The molecule has 8 heteroatoms. The van der Waals surface area contributed by atoms with Gasteiger partial charge in [-0.1, -0.05) is 33.6 Å². The summed E-state index contributed by atoms with van der Waals surface area (Å²) in [5.41, 5.74) is -0.953. The van der Waals surface area contributed by atoms with Crippen LogP contribution in [-0.2, 0) is 19.1 Å². The Morgan fingerprint density at radius 2 is 1.88 bits per heavy atom. The van der Waals surface area contributed by atoms with Crippen molar-refractivity contribution in [1.82, 2.24) is 15.5 Å². The zero-order valence-electron chi connectivity index (χ0n) is 15.8. The number of carbonyl (C=O) groups is 4. The monoisotopic (exact) mass is 367 g/mol. The minimum atomic E-state index is -0.953. The maximum absolute atomic E-state index is 12.4. The third-order valence-corrected chi connectivity index (χ3v) is 5.56. The number of ether oxygens (including phenoxy) is 1. The van der Waals surface area contributed by atoms with Gasteiger partial charge in [-0.25, -0.2) is 4.79 Å². The number of hydrogen-bond acceptors (Lipinski definition) is 5. The lowest BCUT2D eigenvalue weighted by Gasteiger charge is -2.29. The molecule has 146 valence electrons. The molecule has 1 saturated heterocycles. The Balaban J connectivity index is 1.80. The fraction of sp³-hybridized carbons (Fsp3) is 0.778. The number of hydrogen-bond donors (Lipinski definition) is 2. The van der Waals surface area contributed by atoms with Gasteiger partial charge in [-0.2, -0.15) is 0 Å². The molecule has 4 amide bonds. The van der Waals surface area contributed by atoms with Gasteiger partial charge in [-0.3, -0.25) is 19.3 Å². The van der Waals surface area contributed by atoms with E-state index in [1.807, 2.05) is 0 Å². The molecule has 0 aromatic rings. The van der Waals surface area contributed by atoms with Gasteiger partial charge in [-0.05, 0) is 31.6 Å². The van der Waals surface area contributed by atoms with Gasteiger partial charge >= 0.3 is 12.0 Å². The quantitative estimate of drug-likeness (QED) is 0.522. The number of carbonyl (C=O) groups excluding carboxylic acids is 4. The van der Waals surface area contributed by atoms with Crippen LogP contribution in [0.2, 0.25) is 0 Å².